The lowest BCUT2D eigenvalue weighted by Crippen LogP contribution is -2.54. The van der Waals surface area contributed by atoms with E-state index in [9.17, 15) is 4.79 Å². The summed E-state index contributed by atoms with van der Waals surface area (Å²) >= 11 is 0. The van der Waals surface area contributed by atoms with E-state index in [1.165, 1.54) is 19.3 Å². The number of piperidine rings is 1. The normalized spacial score (nSPS) is 28.6. The van der Waals surface area contributed by atoms with E-state index in [2.05, 4.69) is 12.2 Å². The molecule has 0 aromatic rings. The Morgan fingerprint density at radius 2 is 2.33 bits per heavy atom. The van der Waals surface area contributed by atoms with Gasteiger partial charge in [-0.05, 0) is 25.2 Å². The fourth-order valence-corrected chi connectivity index (χ4v) is 2.85. The molecule has 2 atom stereocenters. The van der Waals surface area contributed by atoms with E-state index in [1.807, 2.05) is 4.90 Å². The largest absolute Gasteiger partial charge is 0.378 e. The highest BCUT2D eigenvalue weighted by Crippen LogP contribution is 2.21. The Morgan fingerprint density at radius 3 is 3.00 bits per heavy atom. The van der Waals surface area contributed by atoms with Gasteiger partial charge in [0.2, 0.25) is 5.91 Å². The van der Waals surface area contributed by atoms with Crippen LogP contribution in [0.25, 0.3) is 0 Å². The third-order valence-corrected chi connectivity index (χ3v) is 3.75. The van der Waals surface area contributed by atoms with Gasteiger partial charge >= 0.3 is 0 Å². The summed E-state index contributed by atoms with van der Waals surface area (Å²) in [6.07, 6.45) is 4.91. The van der Waals surface area contributed by atoms with Gasteiger partial charge in [-0.3, -0.25) is 4.79 Å². The number of likely N-dealkylation sites (tertiary alicyclic amines) is 1. The Hall–Kier alpha value is -0.320. The average molecular weight is 277 g/mol. The fourth-order valence-electron chi connectivity index (χ4n) is 2.85. The van der Waals surface area contributed by atoms with Gasteiger partial charge in [0.25, 0.3) is 0 Å². The number of carbonyl (C=O) groups excluding carboxylic acids is 1. The lowest BCUT2D eigenvalue weighted by Gasteiger charge is -2.36. The van der Waals surface area contributed by atoms with E-state index in [0.717, 1.165) is 32.7 Å². The minimum atomic E-state index is -0.107. The van der Waals surface area contributed by atoms with Crippen LogP contribution in [0.2, 0.25) is 0 Å². The van der Waals surface area contributed by atoms with E-state index in [4.69, 9.17) is 4.74 Å². The van der Waals surface area contributed by atoms with Crippen LogP contribution in [-0.2, 0) is 9.53 Å². The highest BCUT2D eigenvalue weighted by atomic mass is 35.5. The van der Waals surface area contributed by atoms with Crippen LogP contribution < -0.4 is 5.32 Å². The van der Waals surface area contributed by atoms with Gasteiger partial charge in [-0.1, -0.05) is 13.3 Å². The molecule has 2 unspecified atom stereocenters. The van der Waals surface area contributed by atoms with Crippen LogP contribution in [0.3, 0.4) is 0 Å². The molecular formula is C13H25ClN2O2. The molecule has 0 radical (unpaired) electrons. The molecule has 2 fully saturated rings. The van der Waals surface area contributed by atoms with Crippen LogP contribution in [0.4, 0.5) is 0 Å². The van der Waals surface area contributed by atoms with Crippen molar-refractivity contribution in [3.8, 4) is 0 Å². The number of hydrogen-bond acceptors (Lipinski definition) is 3. The van der Waals surface area contributed by atoms with Crippen molar-refractivity contribution in [1.82, 2.24) is 10.2 Å². The molecule has 2 heterocycles. The molecule has 0 saturated carbocycles. The molecule has 4 nitrogen and oxygen atoms in total. The van der Waals surface area contributed by atoms with Gasteiger partial charge < -0.3 is 15.0 Å². The number of amides is 1. The van der Waals surface area contributed by atoms with E-state index < -0.39 is 0 Å². The predicted molar refractivity (Wildman–Crippen MR) is 74.1 cm³/mol. The number of nitrogens with one attached hydrogen (secondary N) is 1. The molecule has 18 heavy (non-hydrogen) atoms. The molecular weight excluding hydrogens is 252 g/mol. The third kappa shape index (κ3) is 4.11. The highest BCUT2D eigenvalue weighted by molar-refractivity contribution is 5.85. The summed E-state index contributed by atoms with van der Waals surface area (Å²) < 4.78 is 5.36. The van der Waals surface area contributed by atoms with Gasteiger partial charge in [0.05, 0.1) is 13.2 Å². The van der Waals surface area contributed by atoms with E-state index in [-0.39, 0.29) is 24.4 Å². The molecule has 0 aromatic carbocycles. The van der Waals surface area contributed by atoms with E-state index in [1.54, 1.807) is 0 Å². The number of carbonyl (C=O) groups is 1. The molecule has 0 bridgehead atoms. The predicted octanol–water partition coefficient (Wildman–Crippen LogP) is 1.44. The zero-order chi connectivity index (χ0) is 12.1. The van der Waals surface area contributed by atoms with Gasteiger partial charge in [0, 0.05) is 19.6 Å². The fraction of sp³-hybridized carbons (Fsp3) is 0.923. The van der Waals surface area contributed by atoms with Crippen LogP contribution in [0.5, 0.6) is 0 Å². The van der Waals surface area contributed by atoms with Gasteiger partial charge in [-0.2, -0.15) is 0 Å². The summed E-state index contributed by atoms with van der Waals surface area (Å²) in [4.78, 5) is 14.3. The maximum atomic E-state index is 12.3. The maximum absolute atomic E-state index is 12.3. The number of halogens is 1. The Kier molecular flexibility index (Phi) is 6.97. The molecule has 5 heteroatoms. The summed E-state index contributed by atoms with van der Waals surface area (Å²) in [6, 6.07) is -0.107. The number of nitrogens with zero attached hydrogens (tertiary/aromatic N) is 1. The van der Waals surface area contributed by atoms with Gasteiger partial charge in [0.15, 0.2) is 0 Å². The maximum Gasteiger partial charge on any atom is 0.242 e. The molecule has 0 aliphatic carbocycles. The zero-order valence-corrected chi connectivity index (χ0v) is 12.0. The van der Waals surface area contributed by atoms with Crippen molar-refractivity contribution in [1.29, 1.82) is 0 Å². The Balaban J connectivity index is 0.00000162. The first kappa shape index (κ1) is 15.7. The minimum Gasteiger partial charge on any atom is -0.378 e. The lowest BCUT2D eigenvalue weighted by atomic mass is 9.93. The lowest BCUT2D eigenvalue weighted by molar-refractivity contribution is -0.138. The second kappa shape index (κ2) is 7.97. The van der Waals surface area contributed by atoms with Crippen molar-refractivity contribution in [2.75, 3.05) is 32.8 Å². The van der Waals surface area contributed by atoms with Crippen LogP contribution in [0.1, 0.15) is 32.6 Å². The number of hydrogen-bond donors (Lipinski definition) is 1. The molecule has 1 amide bonds. The van der Waals surface area contributed by atoms with E-state index in [0.29, 0.717) is 12.5 Å². The zero-order valence-electron chi connectivity index (χ0n) is 11.2. The van der Waals surface area contributed by atoms with Crippen molar-refractivity contribution < 1.29 is 9.53 Å². The van der Waals surface area contributed by atoms with Gasteiger partial charge in [-0.15, -0.1) is 12.4 Å². The van der Waals surface area contributed by atoms with Crippen LogP contribution >= 0.6 is 12.4 Å². The first-order valence-corrected chi connectivity index (χ1v) is 6.91. The number of morpholine rings is 1. The summed E-state index contributed by atoms with van der Waals surface area (Å²) in [5, 5.41) is 3.25. The SMILES string of the molecule is CCCC1CCCN(C(=O)C2COCCN2)C1.Cl. The van der Waals surface area contributed by atoms with Crippen molar-refractivity contribution in [2.45, 2.75) is 38.6 Å². The van der Waals surface area contributed by atoms with E-state index >= 15 is 0 Å². The summed E-state index contributed by atoms with van der Waals surface area (Å²) in [6.45, 7) is 6.15. The summed E-state index contributed by atoms with van der Waals surface area (Å²) in [7, 11) is 0. The molecule has 2 rings (SSSR count). The topological polar surface area (TPSA) is 41.6 Å². The number of rotatable bonds is 3. The Bertz CT molecular complexity index is 255. The van der Waals surface area contributed by atoms with Crippen LogP contribution in [-0.4, -0.2) is 49.7 Å². The standard InChI is InChI=1S/C13H24N2O2.ClH/c1-2-4-11-5-3-7-15(9-11)13(16)12-10-17-8-6-14-12;/h11-12,14H,2-10H2,1H3;1H. The van der Waals surface area contributed by atoms with Gasteiger partial charge in [0.1, 0.15) is 6.04 Å². The van der Waals surface area contributed by atoms with Crippen molar-refractivity contribution >= 4 is 18.3 Å². The van der Waals surface area contributed by atoms with Gasteiger partial charge in [-0.25, -0.2) is 0 Å². The summed E-state index contributed by atoms with van der Waals surface area (Å²) in [5.74, 6) is 0.952. The Labute approximate surface area is 116 Å². The monoisotopic (exact) mass is 276 g/mol. The minimum absolute atomic E-state index is 0. The van der Waals surface area contributed by atoms with Crippen molar-refractivity contribution in [2.24, 2.45) is 5.92 Å². The third-order valence-electron chi connectivity index (χ3n) is 3.75. The molecule has 2 aliphatic heterocycles. The molecule has 1 N–H and O–H groups in total. The van der Waals surface area contributed by atoms with Crippen molar-refractivity contribution in [3.63, 3.8) is 0 Å². The molecule has 0 spiro atoms. The van der Waals surface area contributed by atoms with Crippen LogP contribution in [0, 0.1) is 5.92 Å². The van der Waals surface area contributed by atoms with Crippen molar-refractivity contribution in [3.05, 3.63) is 0 Å². The molecule has 106 valence electrons. The smallest absolute Gasteiger partial charge is 0.242 e. The number of ether oxygens (including phenoxy) is 1. The molecule has 2 saturated heterocycles. The first-order valence-electron chi connectivity index (χ1n) is 6.91. The molecule has 0 aromatic heterocycles. The second-order valence-electron chi connectivity index (χ2n) is 5.16. The highest BCUT2D eigenvalue weighted by Gasteiger charge is 2.29. The molecule has 2 aliphatic rings. The summed E-state index contributed by atoms with van der Waals surface area (Å²) in [5.41, 5.74) is 0. The Morgan fingerprint density at radius 1 is 1.50 bits per heavy atom. The second-order valence-corrected chi connectivity index (χ2v) is 5.16. The van der Waals surface area contributed by atoms with Crippen LogP contribution in [0.15, 0.2) is 0 Å². The first-order chi connectivity index (χ1) is 8.31. The average Bonchev–Trinajstić information content (AvgIpc) is 2.40. The quantitative estimate of drug-likeness (QED) is 0.848.